The lowest BCUT2D eigenvalue weighted by molar-refractivity contribution is 0.0497. The van der Waals surface area contributed by atoms with E-state index in [1.807, 2.05) is 30.8 Å². The highest BCUT2D eigenvalue weighted by Crippen LogP contribution is 2.29. The third-order valence-electron chi connectivity index (χ3n) is 5.73. The first-order valence-corrected chi connectivity index (χ1v) is 10.9. The number of hydrogen-bond donors (Lipinski definition) is 1. The van der Waals surface area contributed by atoms with Gasteiger partial charge in [-0.3, -0.25) is 14.5 Å². The minimum atomic E-state index is -0.534. The number of aryl methyl sites for hydroxylation is 2. The number of piperazine rings is 1. The van der Waals surface area contributed by atoms with Gasteiger partial charge in [-0.25, -0.2) is 0 Å². The Morgan fingerprint density at radius 1 is 1.13 bits per heavy atom. The molecule has 1 unspecified atom stereocenters. The van der Waals surface area contributed by atoms with Crippen LogP contribution in [0, 0.1) is 6.92 Å². The Balaban J connectivity index is 1.55. The van der Waals surface area contributed by atoms with Gasteiger partial charge in [0.25, 0.3) is 0 Å². The standard InChI is InChI=1S/C23H37N5O3/c1-18-20(15-27(4)24-18)14-26(3)13-19-6-7-22(30-5)23(12-19)31-17-21(29)16-28-10-8-25(2)9-11-28/h6-7,12,15,21,29H,8-11,13-14,16-17H2,1-5H3. The third kappa shape index (κ3) is 6.93. The summed E-state index contributed by atoms with van der Waals surface area (Å²) >= 11 is 0. The summed E-state index contributed by atoms with van der Waals surface area (Å²) in [6.07, 6.45) is 1.53. The van der Waals surface area contributed by atoms with Crippen LogP contribution in [0.5, 0.6) is 11.5 Å². The lowest BCUT2D eigenvalue weighted by atomic mass is 10.1. The number of methoxy groups -OCH3 is 1. The molecular formula is C23H37N5O3. The monoisotopic (exact) mass is 431 g/mol. The van der Waals surface area contributed by atoms with E-state index >= 15 is 0 Å². The van der Waals surface area contributed by atoms with Gasteiger partial charge in [0.05, 0.1) is 12.8 Å². The van der Waals surface area contributed by atoms with Crippen molar-refractivity contribution >= 4 is 0 Å². The van der Waals surface area contributed by atoms with Crippen LogP contribution < -0.4 is 9.47 Å². The zero-order valence-corrected chi connectivity index (χ0v) is 19.5. The summed E-state index contributed by atoms with van der Waals surface area (Å²) in [6.45, 7) is 8.55. The number of hydrogen-bond acceptors (Lipinski definition) is 7. The predicted octanol–water partition coefficient (Wildman–Crippen LogP) is 1.36. The third-order valence-corrected chi connectivity index (χ3v) is 5.73. The summed E-state index contributed by atoms with van der Waals surface area (Å²) in [5.41, 5.74) is 3.41. The van der Waals surface area contributed by atoms with Gasteiger partial charge in [-0.1, -0.05) is 6.07 Å². The predicted molar refractivity (Wildman–Crippen MR) is 122 cm³/mol. The lowest BCUT2D eigenvalue weighted by Gasteiger charge is -2.33. The zero-order valence-electron chi connectivity index (χ0n) is 19.5. The van der Waals surface area contributed by atoms with E-state index in [0.29, 0.717) is 18.0 Å². The second kappa shape index (κ2) is 10.9. The first-order chi connectivity index (χ1) is 14.8. The molecule has 0 radical (unpaired) electrons. The van der Waals surface area contributed by atoms with Crippen molar-refractivity contribution in [3.63, 3.8) is 0 Å². The normalized spacial score (nSPS) is 16.6. The van der Waals surface area contributed by atoms with Gasteiger partial charge < -0.3 is 19.5 Å². The summed E-state index contributed by atoms with van der Waals surface area (Å²) in [5, 5.41) is 14.9. The molecule has 0 aliphatic carbocycles. The summed E-state index contributed by atoms with van der Waals surface area (Å²) in [4.78, 5) is 6.84. The number of β-amino-alcohol motifs (C(OH)–C–C–N with tert-alkyl or cyclic N) is 1. The van der Waals surface area contributed by atoms with E-state index in [-0.39, 0.29) is 6.61 Å². The molecule has 1 aliphatic heterocycles. The molecule has 8 nitrogen and oxygen atoms in total. The van der Waals surface area contributed by atoms with Crippen molar-refractivity contribution < 1.29 is 14.6 Å². The highest BCUT2D eigenvalue weighted by atomic mass is 16.5. The molecule has 0 amide bonds. The van der Waals surface area contributed by atoms with Crippen molar-refractivity contribution in [2.45, 2.75) is 26.1 Å². The van der Waals surface area contributed by atoms with E-state index in [2.05, 4.69) is 46.2 Å². The quantitative estimate of drug-likeness (QED) is 0.609. The van der Waals surface area contributed by atoms with Crippen LogP contribution >= 0.6 is 0 Å². The van der Waals surface area contributed by atoms with Gasteiger partial charge in [0.1, 0.15) is 12.7 Å². The fraction of sp³-hybridized carbons (Fsp3) is 0.609. The first-order valence-electron chi connectivity index (χ1n) is 10.9. The maximum atomic E-state index is 10.5. The topological polar surface area (TPSA) is 66.2 Å². The van der Waals surface area contributed by atoms with Gasteiger partial charge >= 0.3 is 0 Å². The molecule has 1 fully saturated rings. The molecule has 0 spiro atoms. The Labute approximate surface area is 185 Å². The number of aliphatic hydroxyl groups is 1. The molecule has 8 heteroatoms. The summed E-state index contributed by atoms with van der Waals surface area (Å²) in [5.74, 6) is 1.35. The number of nitrogens with zero attached hydrogens (tertiary/aromatic N) is 5. The van der Waals surface area contributed by atoms with Gasteiger partial charge in [0, 0.05) is 64.6 Å². The van der Waals surface area contributed by atoms with Crippen molar-refractivity contribution in [2.24, 2.45) is 7.05 Å². The van der Waals surface area contributed by atoms with E-state index < -0.39 is 6.10 Å². The SMILES string of the molecule is COc1ccc(CN(C)Cc2cn(C)nc2C)cc1OCC(O)CN1CCN(C)CC1. The van der Waals surface area contributed by atoms with Gasteiger partial charge in [-0.05, 0) is 38.7 Å². The Morgan fingerprint density at radius 3 is 2.52 bits per heavy atom. The smallest absolute Gasteiger partial charge is 0.161 e. The summed E-state index contributed by atoms with van der Waals surface area (Å²) in [7, 11) is 7.81. The Hall–Kier alpha value is -2.13. The van der Waals surface area contributed by atoms with Crippen molar-refractivity contribution in [3.05, 3.63) is 41.2 Å². The molecule has 0 bridgehead atoms. The molecule has 1 atom stereocenters. The highest BCUT2D eigenvalue weighted by molar-refractivity contribution is 5.43. The van der Waals surface area contributed by atoms with Crippen LogP contribution in [-0.4, -0.2) is 96.2 Å². The molecule has 1 aromatic heterocycles. The van der Waals surface area contributed by atoms with E-state index in [4.69, 9.17) is 9.47 Å². The van der Waals surface area contributed by atoms with Gasteiger partial charge in [0.15, 0.2) is 11.5 Å². The van der Waals surface area contributed by atoms with E-state index in [0.717, 1.165) is 50.5 Å². The zero-order chi connectivity index (χ0) is 22.4. The fourth-order valence-corrected chi connectivity index (χ4v) is 3.96. The second-order valence-electron chi connectivity index (χ2n) is 8.64. The van der Waals surface area contributed by atoms with Crippen molar-refractivity contribution in [1.29, 1.82) is 0 Å². The minimum Gasteiger partial charge on any atom is -0.493 e. The molecule has 31 heavy (non-hydrogen) atoms. The summed E-state index contributed by atoms with van der Waals surface area (Å²) < 4.78 is 13.3. The molecule has 1 aromatic carbocycles. The Kier molecular flexibility index (Phi) is 8.31. The van der Waals surface area contributed by atoms with Crippen LogP contribution in [0.15, 0.2) is 24.4 Å². The fourth-order valence-electron chi connectivity index (χ4n) is 3.96. The highest BCUT2D eigenvalue weighted by Gasteiger charge is 2.18. The number of ether oxygens (including phenoxy) is 2. The molecular weight excluding hydrogens is 394 g/mol. The largest absolute Gasteiger partial charge is 0.493 e. The Bertz CT molecular complexity index is 833. The Morgan fingerprint density at radius 2 is 1.87 bits per heavy atom. The average molecular weight is 432 g/mol. The molecule has 2 heterocycles. The van der Waals surface area contributed by atoms with Crippen LogP contribution in [0.3, 0.4) is 0 Å². The molecule has 3 rings (SSSR count). The van der Waals surface area contributed by atoms with Crippen molar-refractivity contribution in [1.82, 2.24) is 24.5 Å². The number of benzene rings is 1. The number of aromatic nitrogens is 2. The van der Waals surface area contributed by atoms with E-state index in [1.165, 1.54) is 5.56 Å². The maximum Gasteiger partial charge on any atom is 0.161 e. The van der Waals surface area contributed by atoms with Gasteiger partial charge in [-0.15, -0.1) is 0 Å². The lowest BCUT2D eigenvalue weighted by Crippen LogP contribution is -2.47. The summed E-state index contributed by atoms with van der Waals surface area (Å²) in [6, 6.07) is 5.99. The molecule has 0 saturated carbocycles. The van der Waals surface area contributed by atoms with Crippen LogP contribution in [0.1, 0.15) is 16.8 Å². The van der Waals surface area contributed by atoms with Crippen LogP contribution in [-0.2, 0) is 20.1 Å². The van der Waals surface area contributed by atoms with E-state index in [9.17, 15) is 5.11 Å². The maximum absolute atomic E-state index is 10.5. The van der Waals surface area contributed by atoms with Gasteiger partial charge in [-0.2, -0.15) is 5.10 Å². The minimum absolute atomic E-state index is 0.247. The average Bonchev–Trinajstić information content (AvgIpc) is 3.04. The molecule has 1 aliphatic rings. The van der Waals surface area contributed by atoms with Crippen molar-refractivity contribution in [2.75, 3.05) is 60.5 Å². The number of aliphatic hydroxyl groups excluding tert-OH is 1. The second-order valence-corrected chi connectivity index (χ2v) is 8.64. The molecule has 1 saturated heterocycles. The number of likely N-dealkylation sites (N-methyl/N-ethyl adjacent to an activating group) is 1. The van der Waals surface area contributed by atoms with Crippen LogP contribution in [0.2, 0.25) is 0 Å². The number of rotatable bonds is 10. The van der Waals surface area contributed by atoms with Crippen molar-refractivity contribution in [3.8, 4) is 11.5 Å². The van der Waals surface area contributed by atoms with E-state index in [1.54, 1.807) is 7.11 Å². The molecule has 2 aromatic rings. The first kappa shape index (κ1) is 23.5. The molecule has 172 valence electrons. The van der Waals surface area contributed by atoms with Gasteiger partial charge in [0.2, 0.25) is 0 Å². The van der Waals surface area contributed by atoms with Crippen LogP contribution in [0.25, 0.3) is 0 Å². The molecule has 1 N–H and O–H groups in total. The van der Waals surface area contributed by atoms with Crippen LogP contribution in [0.4, 0.5) is 0 Å².